The van der Waals surface area contributed by atoms with E-state index in [4.69, 9.17) is 14.5 Å². The smallest absolute Gasteiger partial charge is 0.266 e. The van der Waals surface area contributed by atoms with E-state index in [9.17, 15) is 4.79 Å². The Balaban J connectivity index is 1.49. The molecule has 2 aliphatic heterocycles. The van der Waals surface area contributed by atoms with Crippen LogP contribution in [0.2, 0.25) is 0 Å². The molecule has 2 aliphatic rings. The van der Waals surface area contributed by atoms with Gasteiger partial charge in [0.2, 0.25) is 0 Å². The summed E-state index contributed by atoms with van der Waals surface area (Å²) in [5.74, 6) is 0.775. The lowest BCUT2D eigenvalue weighted by molar-refractivity contribution is -0.123. The summed E-state index contributed by atoms with van der Waals surface area (Å²) >= 11 is 1.42. The predicted octanol–water partition coefficient (Wildman–Crippen LogP) is 5.58. The van der Waals surface area contributed by atoms with E-state index in [1.165, 1.54) is 11.8 Å². The zero-order chi connectivity index (χ0) is 23.5. The fraction of sp³-hybridized carbons (Fsp3) is 0.259. The fourth-order valence-corrected chi connectivity index (χ4v) is 5.24. The van der Waals surface area contributed by atoms with Crippen LogP contribution in [0.3, 0.4) is 0 Å². The molecule has 5 rings (SSSR count). The van der Waals surface area contributed by atoms with Crippen molar-refractivity contribution in [2.24, 2.45) is 4.99 Å². The first-order chi connectivity index (χ1) is 16.6. The van der Waals surface area contributed by atoms with Crippen LogP contribution in [-0.4, -0.2) is 46.9 Å². The highest BCUT2D eigenvalue weighted by Crippen LogP contribution is 2.35. The van der Waals surface area contributed by atoms with E-state index in [1.54, 1.807) is 12.0 Å². The van der Waals surface area contributed by atoms with Gasteiger partial charge in [-0.05, 0) is 86.1 Å². The molecule has 1 aromatic heterocycles. The molecule has 6 nitrogen and oxygen atoms in total. The van der Waals surface area contributed by atoms with Gasteiger partial charge in [0.1, 0.15) is 5.75 Å². The summed E-state index contributed by atoms with van der Waals surface area (Å²) in [7, 11) is 1.66. The predicted molar refractivity (Wildman–Crippen MR) is 137 cm³/mol. The Morgan fingerprint density at radius 3 is 2.62 bits per heavy atom. The Kier molecular flexibility index (Phi) is 6.56. The number of carbonyl (C=O) groups is 1. The van der Waals surface area contributed by atoms with Crippen LogP contribution in [0.25, 0.3) is 11.8 Å². The van der Waals surface area contributed by atoms with Crippen LogP contribution < -0.4 is 4.74 Å². The minimum Gasteiger partial charge on any atom is -0.497 e. The fourth-order valence-electron chi connectivity index (χ4n) is 4.25. The highest BCUT2D eigenvalue weighted by molar-refractivity contribution is 8.18. The van der Waals surface area contributed by atoms with Gasteiger partial charge in [0.25, 0.3) is 5.91 Å². The van der Waals surface area contributed by atoms with E-state index < -0.39 is 0 Å². The number of amides is 1. The van der Waals surface area contributed by atoms with Gasteiger partial charge in [-0.25, -0.2) is 4.99 Å². The summed E-state index contributed by atoms with van der Waals surface area (Å²) < 4.78 is 13.3. The van der Waals surface area contributed by atoms with Crippen molar-refractivity contribution < 1.29 is 14.3 Å². The largest absolute Gasteiger partial charge is 0.497 e. The number of aromatic nitrogens is 1. The zero-order valence-electron chi connectivity index (χ0n) is 19.3. The number of ether oxygens (including phenoxy) is 2. The van der Waals surface area contributed by atoms with Crippen molar-refractivity contribution in [1.29, 1.82) is 0 Å². The van der Waals surface area contributed by atoms with Crippen molar-refractivity contribution >= 4 is 34.6 Å². The van der Waals surface area contributed by atoms with Gasteiger partial charge in [0, 0.05) is 23.7 Å². The van der Waals surface area contributed by atoms with Crippen molar-refractivity contribution in [3.05, 3.63) is 83.0 Å². The first kappa shape index (κ1) is 22.5. The Labute approximate surface area is 203 Å². The average molecular weight is 474 g/mol. The number of amidine groups is 1. The summed E-state index contributed by atoms with van der Waals surface area (Å²) in [4.78, 5) is 20.7. The van der Waals surface area contributed by atoms with E-state index in [0.717, 1.165) is 48.0 Å². The molecule has 174 valence electrons. The lowest BCUT2D eigenvalue weighted by Gasteiger charge is -2.19. The number of aryl methyl sites for hydroxylation is 1. The monoisotopic (exact) mass is 473 g/mol. The second-order valence-corrected chi connectivity index (χ2v) is 9.33. The van der Waals surface area contributed by atoms with Crippen LogP contribution >= 0.6 is 11.8 Å². The Hall–Kier alpha value is -3.29. The van der Waals surface area contributed by atoms with E-state index in [0.29, 0.717) is 16.6 Å². The molecule has 34 heavy (non-hydrogen) atoms. The standard InChI is InChI=1S/C27H27N3O3S/c1-19-10-11-22(30(19)21-12-14-23(32-2)15-13-21)17-25-26(31)29(18-24-9-6-16-33-24)27(34-25)28-20-7-4-3-5-8-20/h3-5,7-8,10-15,17,24H,6,9,16,18H2,1-2H3/b25-17-,28-27?. The number of nitrogens with zero attached hydrogens (tertiary/aromatic N) is 3. The first-order valence-electron chi connectivity index (χ1n) is 11.4. The molecule has 0 N–H and O–H groups in total. The van der Waals surface area contributed by atoms with Gasteiger partial charge in [-0.3, -0.25) is 9.69 Å². The summed E-state index contributed by atoms with van der Waals surface area (Å²) in [6.07, 6.45) is 4.00. The lowest BCUT2D eigenvalue weighted by atomic mass is 10.2. The lowest BCUT2D eigenvalue weighted by Crippen LogP contribution is -2.36. The molecule has 1 amide bonds. The Morgan fingerprint density at radius 2 is 1.91 bits per heavy atom. The molecule has 1 unspecified atom stereocenters. The maximum absolute atomic E-state index is 13.5. The average Bonchev–Trinajstić information content (AvgIpc) is 3.57. The summed E-state index contributed by atoms with van der Waals surface area (Å²) in [6.45, 7) is 3.33. The van der Waals surface area contributed by atoms with Crippen molar-refractivity contribution in [3.63, 3.8) is 0 Å². The number of benzene rings is 2. The van der Waals surface area contributed by atoms with Crippen molar-refractivity contribution in [1.82, 2.24) is 9.47 Å². The molecular formula is C27H27N3O3S. The molecule has 2 fully saturated rings. The number of carbonyl (C=O) groups excluding carboxylic acids is 1. The van der Waals surface area contributed by atoms with Gasteiger partial charge in [0.05, 0.1) is 30.4 Å². The molecular weight excluding hydrogens is 446 g/mol. The molecule has 1 atom stereocenters. The third kappa shape index (κ3) is 4.67. The normalized spacial score (nSPS) is 20.6. The highest BCUT2D eigenvalue weighted by atomic mass is 32.2. The zero-order valence-corrected chi connectivity index (χ0v) is 20.1. The quantitative estimate of drug-likeness (QED) is 0.439. The molecule has 3 aromatic rings. The van der Waals surface area contributed by atoms with Crippen molar-refractivity contribution in [2.75, 3.05) is 20.3 Å². The number of hydrogen-bond acceptors (Lipinski definition) is 5. The van der Waals surface area contributed by atoms with Crippen LogP contribution in [-0.2, 0) is 9.53 Å². The minimum absolute atomic E-state index is 0.0321. The highest BCUT2D eigenvalue weighted by Gasteiger charge is 2.36. The summed E-state index contributed by atoms with van der Waals surface area (Å²) in [5.41, 5.74) is 3.87. The SMILES string of the molecule is COc1ccc(-n2c(C)ccc2/C=C2\SC(=Nc3ccccc3)N(CC3CCCO3)C2=O)cc1. The first-order valence-corrected chi connectivity index (χ1v) is 12.2. The van der Waals surface area contributed by atoms with Crippen molar-refractivity contribution in [2.45, 2.75) is 25.9 Å². The maximum atomic E-state index is 13.5. The van der Waals surface area contributed by atoms with Crippen LogP contribution in [0.4, 0.5) is 5.69 Å². The Morgan fingerprint density at radius 1 is 1.12 bits per heavy atom. The summed E-state index contributed by atoms with van der Waals surface area (Å²) in [6, 6.07) is 21.8. The molecule has 0 aliphatic carbocycles. The second-order valence-electron chi connectivity index (χ2n) is 8.32. The van der Waals surface area contributed by atoms with E-state index >= 15 is 0 Å². The molecule has 0 spiro atoms. The van der Waals surface area contributed by atoms with E-state index in [1.807, 2.05) is 66.7 Å². The van der Waals surface area contributed by atoms with Gasteiger partial charge in [-0.15, -0.1) is 0 Å². The number of para-hydroxylation sites is 1. The van der Waals surface area contributed by atoms with Gasteiger partial charge >= 0.3 is 0 Å². The molecule has 7 heteroatoms. The van der Waals surface area contributed by atoms with Gasteiger partial charge in [0.15, 0.2) is 5.17 Å². The van der Waals surface area contributed by atoms with Crippen LogP contribution in [0.1, 0.15) is 24.2 Å². The van der Waals surface area contributed by atoms with Crippen LogP contribution in [0, 0.1) is 6.92 Å². The maximum Gasteiger partial charge on any atom is 0.266 e. The van der Waals surface area contributed by atoms with Gasteiger partial charge < -0.3 is 14.0 Å². The van der Waals surface area contributed by atoms with Gasteiger partial charge in [-0.1, -0.05) is 18.2 Å². The van der Waals surface area contributed by atoms with Crippen LogP contribution in [0.15, 0.2) is 76.6 Å². The van der Waals surface area contributed by atoms with E-state index in [-0.39, 0.29) is 12.0 Å². The molecule has 0 saturated carbocycles. The topological polar surface area (TPSA) is 56.1 Å². The number of rotatable bonds is 6. The number of thioether (sulfide) groups is 1. The minimum atomic E-state index is -0.0321. The second kappa shape index (κ2) is 9.91. The number of hydrogen-bond donors (Lipinski definition) is 0. The molecule has 2 saturated heterocycles. The molecule has 3 heterocycles. The molecule has 0 radical (unpaired) electrons. The number of methoxy groups -OCH3 is 1. The van der Waals surface area contributed by atoms with Crippen molar-refractivity contribution in [3.8, 4) is 11.4 Å². The molecule has 2 aromatic carbocycles. The van der Waals surface area contributed by atoms with E-state index in [2.05, 4.69) is 17.6 Å². The Bertz CT molecular complexity index is 1230. The third-order valence-electron chi connectivity index (χ3n) is 6.00. The summed E-state index contributed by atoms with van der Waals surface area (Å²) in [5, 5.41) is 0.692. The van der Waals surface area contributed by atoms with Gasteiger partial charge in [-0.2, -0.15) is 0 Å². The third-order valence-corrected chi connectivity index (χ3v) is 7.00. The molecule has 0 bridgehead atoms. The number of aliphatic imine (C=N–C) groups is 1. The van der Waals surface area contributed by atoms with Crippen LogP contribution in [0.5, 0.6) is 5.75 Å².